The second-order valence-electron chi connectivity index (χ2n) is 3.59. The quantitative estimate of drug-likeness (QED) is 0.692. The zero-order valence-electron chi connectivity index (χ0n) is 10.3. The molecule has 0 aliphatic heterocycles. The Morgan fingerprint density at radius 2 is 2.16 bits per heavy atom. The number of carboxylic acid groups (broad SMARTS) is 1. The van der Waals surface area contributed by atoms with Crippen LogP contribution in [0.1, 0.15) is 16.8 Å². The van der Waals surface area contributed by atoms with Gasteiger partial charge in [-0.05, 0) is 30.4 Å². The lowest BCUT2D eigenvalue weighted by molar-refractivity contribution is -0.136. The molecule has 3 N–H and O–H groups in total. The van der Waals surface area contributed by atoms with Gasteiger partial charge in [-0.3, -0.25) is 14.9 Å². The third-order valence-corrected chi connectivity index (χ3v) is 2.43. The Morgan fingerprint density at radius 3 is 2.79 bits per heavy atom. The molecule has 0 spiro atoms. The van der Waals surface area contributed by atoms with Gasteiger partial charge < -0.3 is 15.2 Å². The van der Waals surface area contributed by atoms with Gasteiger partial charge in [-0.25, -0.2) is 0 Å². The van der Waals surface area contributed by atoms with E-state index in [9.17, 15) is 9.59 Å². The highest BCUT2D eigenvalue weighted by molar-refractivity contribution is 7.80. The summed E-state index contributed by atoms with van der Waals surface area (Å²) < 4.78 is 5.01. The van der Waals surface area contributed by atoms with Gasteiger partial charge in [-0.15, -0.1) is 0 Å². The standard InChI is InChI=1S/C12H14N2O4S/c1-18-9-4-2-3-8(7-9)11(17)14-12(19)13-6-5-10(15)16/h2-4,7H,5-6H2,1H3,(H,15,16)(H2,13,14,17,19). The second kappa shape index (κ2) is 7.32. The van der Waals surface area contributed by atoms with E-state index >= 15 is 0 Å². The van der Waals surface area contributed by atoms with E-state index in [1.807, 2.05) is 0 Å². The number of carboxylic acids is 1. The molecule has 0 aliphatic rings. The Kier molecular flexibility index (Phi) is 5.74. The molecular weight excluding hydrogens is 268 g/mol. The van der Waals surface area contributed by atoms with Gasteiger partial charge in [-0.2, -0.15) is 0 Å². The Hall–Kier alpha value is -2.15. The van der Waals surface area contributed by atoms with Crippen molar-refractivity contribution in [3.8, 4) is 5.75 Å². The average molecular weight is 282 g/mol. The molecule has 7 heteroatoms. The van der Waals surface area contributed by atoms with Crippen molar-refractivity contribution >= 4 is 29.2 Å². The predicted molar refractivity (Wildman–Crippen MR) is 73.3 cm³/mol. The van der Waals surface area contributed by atoms with Crippen molar-refractivity contribution in [2.75, 3.05) is 13.7 Å². The van der Waals surface area contributed by atoms with Crippen molar-refractivity contribution in [1.82, 2.24) is 10.6 Å². The third-order valence-electron chi connectivity index (χ3n) is 2.18. The minimum Gasteiger partial charge on any atom is -0.497 e. The Morgan fingerprint density at radius 1 is 1.42 bits per heavy atom. The number of hydrogen-bond acceptors (Lipinski definition) is 4. The molecule has 0 bridgehead atoms. The highest BCUT2D eigenvalue weighted by Gasteiger charge is 2.08. The number of thiocarbonyl (C=S) groups is 1. The maximum atomic E-state index is 11.8. The Balaban J connectivity index is 2.49. The molecule has 0 radical (unpaired) electrons. The van der Waals surface area contributed by atoms with E-state index in [0.29, 0.717) is 11.3 Å². The van der Waals surface area contributed by atoms with E-state index in [4.69, 9.17) is 22.1 Å². The van der Waals surface area contributed by atoms with Gasteiger partial charge in [0.1, 0.15) is 5.75 Å². The summed E-state index contributed by atoms with van der Waals surface area (Å²) in [5.41, 5.74) is 0.404. The fourth-order valence-electron chi connectivity index (χ4n) is 1.27. The fourth-order valence-corrected chi connectivity index (χ4v) is 1.46. The smallest absolute Gasteiger partial charge is 0.305 e. The van der Waals surface area contributed by atoms with Crippen LogP contribution >= 0.6 is 12.2 Å². The lowest BCUT2D eigenvalue weighted by atomic mass is 10.2. The number of aliphatic carboxylic acids is 1. The van der Waals surface area contributed by atoms with Crippen molar-refractivity contribution in [3.05, 3.63) is 29.8 Å². The number of rotatable bonds is 5. The van der Waals surface area contributed by atoms with Crippen molar-refractivity contribution in [1.29, 1.82) is 0 Å². The highest BCUT2D eigenvalue weighted by Crippen LogP contribution is 2.12. The van der Waals surface area contributed by atoms with Crippen molar-refractivity contribution in [2.45, 2.75) is 6.42 Å². The van der Waals surface area contributed by atoms with Gasteiger partial charge in [0.05, 0.1) is 13.5 Å². The molecule has 0 aliphatic carbocycles. The summed E-state index contributed by atoms with van der Waals surface area (Å²) >= 11 is 4.88. The minimum atomic E-state index is -0.936. The van der Waals surface area contributed by atoms with Crippen molar-refractivity contribution < 1.29 is 19.4 Å². The molecular formula is C12H14N2O4S. The molecule has 0 aromatic heterocycles. The number of amides is 1. The largest absolute Gasteiger partial charge is 0.497 e. The number of carbonyl (C=O) groups excluding carboxylic acids is 1. The lowest BCUT2D eigenvalue weighted by Gasteiger charge is -2.09. The summed E-state index contributed by atoms with van der Waals surface area (Å²) in [4.78, 5) is 22.1. The van der Waals surface area contributed by atoms with Crippen molar-refractivity contribution in [2.24, 2.45) is 0 Å². The molecule has 1 rings (SSSR count). The predicted octanol–water partition coefficient (Wildman–Crippen LogP) is 0.774. The molecule has 1 amide bonds. The minimum absolute atomic E-state index is 0.0742. The molecule has 0 atom stereocenters. The van der Waals surface area contributed by atoms with Crippen LogP contribution in [0.2, 0.25) is 0 Å². The monoisotopic (exact) mass is 282 g/mol. The molecule has 0 unspecified atom stereocenters. The summed E-state index contributed by atoms with van der Waals surface area (Å²) in [6.07, 6.45) is -0.0742. The van der Waals surface area contributed by atoms with Gasteiger partial charge >= 0.3 is 5.97 Å². The van der Waals surface area contributed by atoms with Gasteiger partial charge in [0.15, 0.2) is 5.11 Å². The molecule has 102 valence electrons. The van der Waals surface area contributed by atoms with Crippen LogP contribution in [0.5, 0.6) is 5.75 Å². The number of carbonyl (C=O) groups is 2. The van der Waals surface area contributed by atoms with Gasteiger partial charge in [0.25, 0.3) is 5.91 Å². The average Bonchev–Trinajstić information content (AvgIpc) is 2.38. The van der Waals surface area contributed by atoms with Crippen LogP contribution in [-0.2, 0) is 4.79 Å². The first-order valence-corrected chi connectivity index (χ1v) is 5.89. The zero-order valence-corrected chi connectivity index (χ0v) is 11.1. The first kappa shape index (κ1) is 14.9. The third kappa shape index (κ3) is 5.35. The zero-order chi connectivity index (χ0) is 14.3. The maximum Gasteiger partial charge on any atom is 0.305 e. The first-order chi connectivity index (χ1) is 9.02. The number of benzene rings is 1. The van der Waals surface area contributed by atoms with E-state index in [1.54, 1.807) is 24.3 Å². The summed E-state index contributed by atoms with van der Waals surface area (Å²) in [6, 6.07) is 6.61. The molecule has 1 aromatic carbocycles. The number of hydrogen-bond donors (Lipinski definition) is 3. The SMILES string of the molecule is COc1cccc(C(=O)NC(=S)NCCC(=O)O)c1. The number of nitrogens with one attached hydrogen (secondary N) is 2. The fraction of sp³-hybridized carbons (Fsp3) is 0.250. The van der Waals surface area contributed by atoms with Crippen molar-refractivity contribution in [3.63, 3.8) is 0 Å². The molecule has 0 fully saturated rings. The number of ether oxygens (including phenoxy) is 1. The van der Waals surface area contributed by atoms with E-state index in [-0.39, 0.29) is 24.0 Å². The molecule has 6 nitrogen and oxygen atoms in total. The van der Waals surface area contributed by atoms with Crippen LogP contribution in [0.4, 0.5) is 0 Å². The normalized spacial score (nSPS) is 9.53. The Bertz CT molecular complexity index is 490. The molecule has 0 heterocycles. The van der Waals surface area contributed by atoms with E-state index in [0.717, 1.165) is 0 Å². The van der Waals surface area contributed by atoms with Crippen LogP contribution in [0.3, 0.4) is 0 Å². The lowest BCUT2D eigenvalue weighted by Crippen LogP contribution is -2.40. The summed E-state index contributed by atoms with van der Waals surface area (Å²) in [6.45, 7) is 0.159. The summed E-state index contributed by atoms with van der Waals surface area (Å²) in [5.74, 6) is -0.751. The highest BCUT2D eigenvalue weighted by atomic mass is 32.1. The van der Waals surface area contributed by atoms with E-state index in [1.165, 1.54) is 7.11 Å². The van der Waals surface area contributed by atoms with Crippen LogP contribution in [0.25, 0.3) is 0 Å². The molecule has 0 saturated heterocycles. The molecule has 1 aromatic rings. The second-order valence-corrected chi connectivity index (χ2v) is 3.99. The Labute approximate surface area is 115 Å². The summed E-state index contributed by atoms with van der Waals surface area (Å²) in [5, 5.41) is 13.6. The molecule has 19 heavy (non-hydrogen) atoms. The van der Waals surface area contributed by atoms with Crippen LogP contribution in [0, 0.1) is 0 Å². The summed E-state index contributed by atoms with van der Waals surface area (Å²) in [7, 11) is 1.51. The van der Waals surface area contributed by atoms with Gasteiger partial charge in [-0.1, -0.05) is 6.07 Å². The van der Waals surface area contributed by atoms with E-state index < -0.39 is 5.97 Å². The van der Waals surface area contributed by atoms with Crippen LogP contribution in [0.15, 0.2) is 24.3 Å². The molecule has 0 saturated carbocycles. The number of methoxy groups -OCH3 is 1. The topological polar surface area (TPSA) is 87.7 Å². The van der Waals surface area contributed by atoms with Gasteiger partial charge in [0, 0.05) is 12.1 Å². The maximum absolute atomic E-state index is 11.8. The first-order valence-electron chi connectivity index (χ1n) is 5.48. The van der Waals surface area contributed by atoms with Crippen LogP contribution in [-0.4, -0.2) is 35.8 Å². The van der Waals surface area contributed by atoms with Gasteiger partial charge in [0.2, 0.25) is 0 Å². The van der Waals surface area contributed by atoms with Crippen LogP contribution < -0.4 is 15.4 Å². The van der Waals surface area contributed by atoms with E-state index in [2.05, 4.69) is 10.6 Å².